The Kier molecular flexibility index (Phi) is 5.05. The second-order valence-corrected chi connectivity index (χ2v) is 7.05. The van der Waals surface area contributed by atoms with Crippen LogP contribution in [-0.4, -0.2) is 31.4 Å². The fraction of sp³-hybridized carbons (Fsp3) is 0.292. The molecule has 0 saturated heterocycles. The van der Waals surface area contributed by atoms with E-state index in [4.69, 9.17) is 14.2 Å². The number of fused-ring (bicyclic) bond motifs is 3. The van der Waals surface area contributed by atoms with E-state index in [0.29, 0.717) is 17.9 Å². The number of carbonyl (C=O) groups excluding carboxylic acids is 1. The zero-order chi connectivity index (χ0) is 20.5. The first-order valence-corrected chi connectivity index (χ1v) is 9.81. The fourth-order valence-electron chi connectivity index (χ4n) is 4.25. The van der Waals surface area contributed by atoms with Crippen molar-refractivity contribution in [3.63, 3.8) is 0 Å². The Morgan fingerprint density at radius 1 is 1.03 bits per heavy atom. The lowest BCUT2D eigenvalue weighted by atomic mass is 9.95. The molecule has 1 aliphatic rings. The lowest BCUT2D eigenvalue weighted by Gasteiger charge is -2.24. The molecule has 2 heterocycles. The van der Waals surface area contributed by atoms with Gasteiger partial charge in [-0.25, -0.2) is 4.79 Å². The summed E-state index contributed by atoms with van der Waals surface area (Å²) in [5, 5.41) is 0. The van der Waals surface area contributed by atoms with E-state index in [-0.39, 0.29) is 5.97 Å². The summed E-state index contributed by atoms with van der Waals surface area (Å²) >= 11 is 0. The van der Waals surface area contributed by atoms with Gasteiger partial charge in [0.2, 0.25) is 0 Å². The van der Waals surface area contributed by atoms with Gasteiger partial charge in [0.25, 0.3) is 0 Å². The van der Waals surface area contributed by atoms with Crippen LogP contribution in [0.5, 0.6) is 11.5 Å². The maximum Gasteiger partial charge on any atom is 0.340 e. The molecule has 5 nitrogen and oxygen atoms in total. The van der Waals surface area contributed by atoms with Gasteiger partial charge in [0, 0.05) is 12.1 Å². The van der Waals surface area contributed by atoms with E-state index in [2.05, 4.69) is 4.57 Å². The third kappa shape index (κ3) is 3.07. The van der Waals surface area contributed by atoms with Crippen LogP contribution in [0, 0.1) is 6.92 Å². The molecular formula is C24H25NO4. The molecule has 3 aromatic rings. The molecule has 2 aromatic carbocycles. The van der Waals surface area contributed by atoms with Crippen LogP contribution >= 0.6 is 0 Å². The fourth-order valence-corrected chi connectivity index (χ4v) is 4.25. The van der Waals surface area contributed by atoms with Crippen LogP contribution in [-0.2, 0) is 17.7 Å². The first-order chi connectivity index (χ1) is 14.1. The predicted octanol–water partition coefficient (Wildman–Crippen LogP) is 4.88. The molecule has 0 atom stereocenters. The van der Waals surface area contributed by atoms with Gasteiger partial charge in [-0.15, -0.1) is 0 Å². The number of hydrogen-bond acceptors (Lipinski definition) is 4. The Bertz CT molecular complexity index is 1070. The number of rotatable bonds is 5. The van der Waals surface area contributed by atoms with Crippen LogP contribution in [0.2, 0.25) is 0 Å². The number of esters is 1. The van der Waals surface area contributed by atoms with Crippen molar-refractivity contribution in [1.82, 2.24) is 4.57 Å². The zero-order valence-electron chi connectivity index (χ0n) is 17.2. The van der Waals surface area contributed by atoms with Gasteiger partial charge in [0.15, 0.2) is 11.5 Å². The van der Waals surface area contributed by atoms with E-state index < -0.39 is 0 Å². The van der Waals surface area contributed by atoms with Gasteiger partial charge >= 0.3 is 5.97 Å². The molecule has 29 heavy (non-hydrogen) atoms. The van der Waals surface area contributed by atoms with E-state index in [1.165, 1.54) is 5.56 Å². The van der Waals surface area contributed by atoms with Crippen molar-refractivity contribution < 1.29 is 19.0 Å². The molecule has 5 heteroatoms. The van der Waals surface area contributed by atoms with Crippen molar-refractivity contribution in [2.45, 2.75) is 26.8 Å². The number of aryl methyl sites for hydroxylation is 1. The molecule has 4 rings (SSSR count). The second-order valence-electron chi connectivity index (χ2n) is 7.05. The summed E-state index contributed by atoms with van der Waals surface area (Å²) in [6, 6.07) is 14.1. The molecule has 0 bridgehead atoms. The van der Waals surface area contributed by atoms with E-state index >= 15 is 0 Å². The van der Waals surface area contributed by atoms with Crippen LogP contribution in [0.25, 0.3) is 22.5 Å². The second kappa shape index (κ2) is 7.66. The van der Waals surface area contributed by atoms with E-state index in [1.807, 2.05) is 56.3 Å². The minimum atomic E-state index is -0.284. The molecule has 0 N–H and O–H groups in total. The van der Waals surface area contributed by atoms with Crippen LogP contribution in [0.15, 0.2) is 42.5 Å². The number of aromatic nitrogens is 1. The minimum Gasteiger partial charge on any atom is -0.493 e. The molecule has 1 aromatic heterocycles. The van der Waals surface area contributed by atoms with Crippen LogP contribution in [0.3, 0.4) is 0 Å². The summed E-state index contributed by atoms with van der Waals surface area (Å²) in [5.41, 5.74) is 6.77. The van der Waals surface area contributed by atoms with Gasteiger partial charge in [-0.05, 0) is 49.1 Å². The normalized spacial score (nSPS) is 12.1. The quantitative estimate of drug-likeness (QED) is 0.582. The van der Waals surface area contributed by atoms with Crippen molar-refractivity contribution >= 4 is 5.97 Å². The van der Waals surface area contributed by atoms with Gasteiger partial charge < -0.3 is 18.8 Å². The molecule has 0 fully saturated rings. The first-order valence-electron chi connectivity index (χ1n) is 9.81. The van der Waals surface area contributed by atoms with Gasteiger partial charge in [-0.1, -0.05) is 30.3 Å². The highest BCUT2D eigenvalue weighted by atomic mass is 16.5. The Morgan fingerprint density at radius 3 is 2.38 bits per heavy atom. The molecule has 0 aliphatic carbocycles. The maximum atomic E-state index is 12.9. The van der Waals surface area contributed by atoms with E-state index in [0.717, 1.165) is 46.8 Å². The topological polar surface area (TPSA) is 49.7 Å². The number of methoxy groups -OCH3 is 2. The highest BCUT2D eigenvalue weighted by molar-refractivity contribution is 6.01. The van der Waals surface area contributed by atoms with Crippen molar-refractivity contribution in [1.29, 1.82) is 0 Å². The van der Waals surface area contributed by atoms with Crippen molar-refractivity contribution in [3.8, 4) is 34.0 Å². The number of nitrogens with zero attached hydrogens (tertiary/aromatic N) is 1. The number of carbonyl (C=O) groups is 1. The summed E-state index contributed by atoms with van der Waals surface area (Å²) in [6.45, 7) is 4.95. The van der Waals surface area contributed by atoms with Crippen molar-refractivity contribution in [2.24, 2.45) is 0 Å². The maximum absolute atomic E-state index is 12.9. The standard InChI is InChI=1S/C24H25NO4/c1-5-29-24(26)21-15(2)22-18-14-20(28-4)19(27-3)13-17(18)11-12-25(22)23(21)16-9-7-6-8-10-16/h6-10,13-14H,5,11-12H2,1-4H3. The average Bonchev–Trinajstić information content (AvgIpc) is 3.06. The Hall–Kier alpha value is -3.21. The Morgan fingerprint density at radius 2 is 1.72 bits per heavy atom. The van der Waals surface area contributed by atoms with E-state index in [9.17, 15) is 4.79 Å². The van der Waals surface area contributed by atoms with Crippen LogP contribution in [0.1, 0.15) is 28.4 Å². The zero-order valence-corrected chi connectivity index (χ0v) is 17.2. The lowest BCUT2D eigenvalue weighted by Crippen LogP contribution is -2.13. The summed E-state index contributed by atoms with van der Waals surface area (Å²) in [6.07, 6.45) is 0.846. The third-order valence-corrected chi connectivity index (χ3v) is 5.50. The first kappa shape index (κ1) is 19.1. The highest BCUT2D eigenvalue weighted by Gasteiger charge is 2.31. The largest absolute Gasteiger partial charge is 0.493 e. The highest BCUT2D eigenvalue weighted by Crippen LogP contribution is 2.44. The van der Waals surface area contributed by atoms with Crippen LogP contribution in [0.4, 0.5) is 0 Å². The molecule has 0 unspecified atom stereocenters. The summed E-state index contributed by atoms with van der Waals surface area (Å²) in [5.74, 6) is 1.12. The van der Waals surface area contributed by atoms with Gasteiger partial charge in [-0.2, -0.15) is 0 Å². The van der Waals surface area contributed by atoms with Gasteiger partial charge in [0.05, 0.1) is 37.8 Å². The molecule has 0 spiro atoms. The molecule has 150 valence electrons. The van der Waals surface area contributed by atoms with Crippen molar-refractivity contribution in [3.05, 3.63) is 59.2 Å². The van der Waals surface area contributed by atoms with E-state index in [1.54, 1.807) is 14.2 Å². The predicted molar refractivity (Wildman–Crippen MR) is 113 cm³/mol. The summed E-state index contributed by atoms with van der Waals surface area (Å²) in [4.78, 5) is 12.9. The van der Waals surface area contributed by atoms with Crippen LogP contribution < -0.4 is 9.47 Å². The number of benzene rings is 2. The van der Waals surface area contributed by atoms with Gasteiger partial charge in [0.1, 0.15) is 0 Å². The monoisotopic (exact) mass is 391 g/mol. The lowest BCUT2D eigenvalue weighted by molar-refractivity contribution is 0.0526. The summed E-state index contributed by atoms with van der Waals surface area (Å²) in [7, 11) is 3.28. The molecule has 0 amide bonds. The molecule has 0 saturated carbocycles. The number of hydrogen-bond donors (Lipinski definition) is 0. The van der Waals surface area contributed by atoms with Crippen molar-refractivity contribution in [2.75, 3.05) is 20.8 Å². The van der Waals surface area contributed by atoms with Gasteiger partial charge in [-0.3, -0.25) is 0 Å². The molecular weight excluding hydrogens is 366 g/mol. The molecule has 0 radical (unpaired) electrons. The SMILES string of the molecule is CCOC(=O)c1c(C)c2n(c1-c1ccccc1)CCc1cc(OC)c(OC)cc1-2. The minimum absolute atomic E-state index is 0.284. The molecule has 1 aliphatic heterocycles. The average molecular weight is 391 g/mol. The Labute approximate surface area is 170 Å². The Balaban J connectivity index is 2.01. The number of ether oxygens (including phenoxy) is 3. The smallest absolute Gasteiger partial charge is 0.340 e. The summed E-state index contributed by atoms with van der Waals surface area (Å²) < 4.78 is 18.7. The third-order valence-electron chi connectivity index (χ3n) is 5.50.